The Balaban J connectivity index is 3.91. The van der Waals surface area contributed by atoms with Crippen LogP contribution in [0.4, 0.5) is 22.0 Å². The maximum atomic E-state index is 11.5. The fourth-order valence-electron chi connectivity index (χ4n) is 0.348. The topological polar surface area (TPSA) is 52.6 Å². The van der Waals surface area contributed by atoms with Gasteiger partial charge in [-0.25, -0.2) is 0 Å². The third-order valence-electron chi connectivity index (χ3n) is 0.849. The predicted molar refractivity (Wildman–Crippen MR) is 32.9 cm³/mol. The molecule has 0 aromatic heterocycles. The second-order valence-corrected chi connectivity index (χ2v) is 3.46. The monoisotopic (exact) mass is 244 g/mol. The third kappa shape index (κ3) is 4.67. The number of halogens is 5. The highest BCUT2D eigenvalue weighted by molar-refractivity contribution is 7.87. The summed E-state index contributed by atoms with van der Waals surface area (Å²) >= 11 is 0. The summed E-state index contributed by atoms with van der Waals surface area (Å²) in [5.41, 5.74) is -5.56. The van der Waals surface area contributed by atoms with Crippen molar-refractivity contribution in [3.63, 3.8) is 0 Å². The first-order chi connectivity index (χ1) is 6.17. The van der Waals surface area contributed by atoms with E-state index in [0.717, 1.165) is 0 Å². The molecule has 86 valence electrons. The van der Waals surface area contributed by atoms with Crippen LogP contribution < -0.4 is 0 Å². The van der Waals surface area contributed by atoms with E-state index >= 15 is 0 Å². The first kappa shape index (κ1) is 13.5. The molecule has 0 aromatic carbocycles. The van der Waals surface area contributed by atoms with E-state index in [4.69, 9.17) is 0 Å². The van der Waals surface area contributed by atoms with E-state index in [9.17, 15) is 30.4 Å². The standard InChI is InChI=1S/C4H5F5O4S/c5-3(6)12-1-2-13-14(10,11)4(7,8)9/h3H,1-2H2. The molecule has 0 aromatic rings. The van der Waals surface area contributed by atoms with E-state index in [1.165, 1.54) is 0 Å². The van der Waals surface area contributed by atoms with Crippen molar-refractivity contribution in [2.24, 2.45) is 0 Å². The Bertz CT molecular complexity index is 257. The van der Waals surface area contributed by atoms with Gasteiger partial charge in [0.2, 0.25) is 0 Å². The van der Waals surface area contributed by atoms with E-state index in [-0.39, 0.29) is 0 Å². The fraction of sp³-hybridized carbons (Fsp3) is 1.00. The predicted octanol–water partition coefficient (Wildman–Crippen LogP) is 1.09. The minimum atomic E-state index is -5.72. The van der Waals surface area contributed by atoms with Gasteiger partial charge in [-0.2, -0.15) is 30.4 Å². The van der Waals surface area contributed by atoms with E-state index in [1.807, 2.05) is 0 Å². The molecule has 0 aliphatic rings. The summed E-state index contributed by atoms with van der Waals surface area (Å²) in [5, 5.41) is 0. The van der Waals surface area contributed by atoms with Gasteiger partial charge in [0.1, 0.15) is 0 Å². The molecule has 0 fully saturated rings. The van der Waals surface area contributed by atoms with E-state index in [1.54, 1.807) is 0 Å². The first-order valence-corrected chi connectivity index (χ1v) is 4.43. The zero-order valence-corrected chi connectivity index (χ0v) is 7.24. The minimum Gasteiger partial charge on any atom is -0.320 e. The normalized spacial score (nSPS) is 13.6. The van der Waals surface area contributed by atoms with Crippen molar-refractivity contribution in [3.05, 3.63) is 0 Å². The summed E-state index contributed by atoms with van der Waals surface area (Å²) in [6.45, 7) is -5.26. The van der Waals surface area contributed by atoms with E-state index in [0.29, 0.717) is 0 Å². The minimum absolute atomic E-state index is 0.951. The number of hydrogen-bond acceptors (Lipinski definition) is 4. The summed E-state index contributed by atoms with van der Waals surface area (Å²) in [7, 11) is -5.72. The maximum Gasteiger partial charge on any atom is 0.523 e. The van der Waals surface area contributed by atoms with Crippen LogP contribution in [0.5, 0.6) is 0 Å². The highest BCUT2D eigenvalue weighted by atomic mass is 32.2. The molecule has 0 spiro atoms. The van der Waals surface area contributed by atoms with Crippen molar-refractivity contribution >= 4 is 10.1 Å². The molecule has 0 heterocycles. The molecule has 0 rings (SSSR count). The van der Waals surface area contributed by atoms with Gasteiger partial charge in [0.05, 0.1) is 13.2 Å². The molecule has 0 saturated carbocycles. The molecular weight excluding hydrogens is 239 g/mol. The van der Waals surface area contributed by atoms with Crippen LogP contribution in [-0.2, 0) is 19.0 Å². The van der Waals surface area contributed by atoms with Gasteiger partial charge < -0.3 is 4.74 Å². The summed E-state index contributed by atoms with van der Waals surface area (Å²) in [6.07, 6.45) is 0. The van der Waals surface area contributed by atoms with Gasteiger partial charge in [-0.3, -0.25) is 4.18 Å². The van der Waals surface area contributed by atoms with Crippen LogP contribution in [0.25, 0.3) is 0 Å². The molecular formula is C4H5F5O4S. The van der Waals surface area contributed by atoms with Gasteiger partial charge >= 0.3 is 22.2 Å². The summed E-state index contributed by atoms with van der Waals surface area (Å²) < 4.78 is 84.0. The van der Waals surface area contributed by atoms with Crippen LogP contribution in [0.1, 0.15) is 0 Å². The van der Waals surface area contributed by atoms with Gasteiger partial charge in [-0.05, 0) is 0 Å². The second kappa shape index (κ2) is 4.84. The molecule has 0 atom stereocenters. The largest absolute Gasteiger partial charge is 0.523 e. The third-order valence-corrected chi connectivity index (χ3v) is 1.89. The molecule has 10 heteroatoms. The van der Waals surface area contributed by atoms with Crippen molar-refractivity contribution < 1.29 is 39.3 Å². The second-order valence-electron chi connectivity index (χ2n) is 1.85. The van der Waals surface area contributed by atoms with Crippen molar-refractivity contribution in [2.75, 3.05) is 13.2 Å². The highest BCUT2D eigenvalue weighted by Gasteiger charge is 2.47. The van der Waals surface area contributed by atoms with Crippen molar-refractivity contribution in [1.82, 2.24) is 0 Å². The lowest BCUT2D eigenvalue weighted by Crippen LogP contribution is -2.27. The Labute approximate surface area is 75.7 Å². The fourth-order valence-corrected chi connectivity index (χ4v) is 0.769. The number of ether oxygens (including phenoxy) is 1. The maximum absolute atomic E-state index is 11.5. The average molecular weight is 244 g/mol. The van der Waals surface area contributed by atoms with Gasteiger partial charge in [-0.15, -0.1) is 0 Å². The Morgan fingerprint density at radius 2 is 1.64 bits per heavy atom. The lowest BCUT2D eigenvalue weighted by molar-refractivity contribution is -0.134. The highest BCUT2D eigenvalue weighted by Crippen LogP contribution is 2.24. The number of hydrogen-bond donors (Lipinski definition) is 0. The molecule has 0 amide bonds. The molecule has 0 bridgehead atoms. The molecule has 0 aliphatic heterocycles. The van der Waals surface area contributed by atoms with Crippen LogP contribution in [0.3, 0.4) is 0 Å². The smallest absolute Gasteiger partial charge is 0.320 e. The molecule has 0 radical (unpaired) electrons. The van der Waals surface area contributed by atoms with Crippen molar-refractivity contribution in [2.45, 2.75) is 12.1 Å². The number of alkyl halides is 5. The van der Waals surface area contributed by atoms with Gasteiger partial charge in [-0.1, -0.05) is 0 Å². The Morgan fingerprint density at radius 1 is 1.14 bits per heavy atom. The lowest BCUT2D eigenvalue weighted by atomic mass is 10.8. The first-order valence-electron chi connectivity index (χ1n) is 3.02. The molecule has 0 aliphatic carbocycles. The average Bonchev–Trinajstić information content (AvgIpc) is 1.95. The SMILES string of the molecule is O=S(=O)(OCCOC(F)F)C(F)(F)F. The Hall–Kier alpha value is -0.480. The Morgan fingerprint density at radius 3 is 2.00 bits per heavy atom. The summed E-state index contributed by atoms with van der Waals surface area (Å²) in [5.74, 6) is 0. The molecule has 0 N–H and O–H groups in total. The lowest BCUT2D eigenvalue weighted by Gasteiger charge is -2.07. The Kier molecular flexibility index (Phi) is 4.68. The van der Waals surface area contributed by atoms with Gasteiger partial charge in [0.25, 0.3) is 0 Å². The van der Waals surface area contributed by atoms with E-state index < -0.39 is 35.5 Å². The summed E-state index contributed by atoms with van der Waals surface area (Å²) in [4.78, 5) is 0. The van der Waals surface area contributed by atoms with E-state index in [2.05, 4.69) is 8.92 Å². The quantitative estimate of drug-likeness (QED) is 0.314. The van der Waals surface area contributed by atoms with Gasteiger partial charge in [0, 0.05) is 0 Å². The molecule has 0 saturated heterocycles. The summed E-state index contributed by atoms with van der Waals surface area (Å²) in [6, 6.07) is 0. The van der Waals surface area contributed by atoms with Crippen LogP contribution in [-0.4, -0.2) is 33.8 Å². The van der Waals surface area contributed by atoms with Crippen LogP contribution in [0.2, 0.25) is 0 Å². The van der Waals surface area contributed by atoms with Crippen LogP contribution >= 0.6 is 0 Å². The number of rotatable bonds is 5. The molecule has 14 heavy (non-hydrogen) atoms. The van der Waals surface area contributed by atoms with Gasteiger partial charge in [0.15, 0.2) is 0 Å². The van der Waals surface area contributed by atoms with Crippen LogP contribution in [0, 0.1) is 0 Å². The zero-order valence-electron chi connectivity index (χ0n) is 6.42. The zero-order chi connectivity index (χ0) is 11.4. The molecule has 4 nitrogen and oxygen atoms in total. The van der Waals surface area contributed by atoms with Crippen molar-refractivity contribution in [1.29, 1.82) is 0 Å². The van der Waals surface area contributed by atoms with Crippen LogP contribution in [0.15, 0.2) is 0 Å². The van der Waals surface area contributed by atoms with Crippen molar-refractivity contribution in [3.8, 4) is 0 Å². The molecule has 0 unspecified atom stereocenters.